The van der Waals surface area contributed by atoms with Crippen molar-refractivity contribution in [1.29, 1.82) is 0 Å². The van der Waals surface area contributed by atoms with E-state index < -0.39 is 20.6 Å². The maximum absolute atomic E-state index is 11.8. The van der Waals surface area contributed by atoms with Gasteiger partial charge in [-0.1, -0.05) is 11.6 Å². The first-order valence-electron chi connectivity index (χ1n) is 4.53. The molecule has 10 heteroatoms. The molecule has 1 aliphatic rings. The van der Waals surface area contributed by atoms with Crippen molar-refractivity contribution in [2.24, 2.45) is 5.73 Å². The van der Waals surface area contributed by atoms with E-state index in [9.17, 15) is 18.5 Å². The second-order valence-electron chi connectivity index (χ2n) is 3.61. The van der Waals surface area contributed by atoms with Gasteiger partial charge in [-0.25, -0.2) is 13.1 Å². The Hall–Kier alpha value is -0.740. The summed E-state index contributed by atoms with van der Waals surface area (Å²) in [5.74, 6) is 0. The maximum Gasteiger partial charge on any atom is 0.300 e. The molecule has 2 rings (SSSR count). The van der Waals surface area contributed by atoms with E-state index in [4.69, 9.17) is 17.3 Å². The van der Waals surface area contributed by atoms with Crippen LogP contribution in [-0.4, -0.2) is 25.4 Å². The fourth-order valence-corrected chi connectivity index (χ4v) is 4.18. The zero-order chi connectivity index (χ0) is 12.8. The molecule has 0 aromatic carbocycles. The Balaban J connectivity index is 2.27. The van der Waals surface area contributed by atoms with Gasteiger partial charge < -0.3 is 5.73 Å². The molecule has 1 heterocycles. The number of hydrogen-bond acceptors (Lipinski definition) is 6. The Bertz CT molecular complexity index is 570. The van der Waals surface area contributed by atoms with Gasteiger partial charge in [0.15, 0.2) is 4.34 Å². The molecule has 0 radical (unpaired) electrons. The highest BCUT2D eigenvalue weighted by Gasteiger charge is 2.38. The van der Waals surface area contributed by atoms with E-state index in [1.54, 1.807) is 0 Å². The lowest BCUT2D eigenvalue weighted by atomic mass is 10.6. The summed E-state index contributed by atoms with van der Waals surface area (Å²) in [6.45, 7) is 0. The van der Waals surface area contributed by atoms with E-state index >= 15 is 0 Å². The Morgan fingerprint density at radius 1 is 1.65 bits per heavy atom. The van der Waals surface area contributed by atoms with Gasteiger partial charge in [0.25, 0.3) is 15.7 Å². The molecule has 2 unspecified atom stereocenters. The highest BCUT2D eigenvalue weighted by molar-refractivity contribution is 7.91. The first kappa shape index (κ1) is 12.7. The summed E-state index contributed by atoms with van der Waals surface area (Å²) >= 11 is 6.24. The van der Waals surface area contributed by atoms with Gasteiger partial charge in [-0.2, -0.15) is 0 Å². The van der Waals surface area contributed by atoms with Gasteiger partial charge in [-0.15, -0.1) is 11.3 Å². The molecule has 2 atom stereocenters. The SMILES string of the molecule is NC1CC1NS(=O)(=O)c1cc([N+](=O)[O-])c(Cl)s1. The Morgan fingerprint density at radius 2 is 2.24 bits per heavy atom. The zero-order valence-electron chi connectivity index (χ0n) is 8.29. The molecule has 1 saturated carbocycles. The van der Waals surface area contributed by atoms with Crippen LogP contribution in [0.3, 0.4) is 0 Å². The van der Waals surface area contributed by atoms with Crippen LogP contribution in [0.15, 0.2) is 10.3 Å². The number of rotatable bonds is 4. The van der Waals surface area contributed by atoms with Crippen molar-refractivity contribution < 1.29 is 13.3 Å². The molecule has 1 aliphatic carbocycles. The van der Waals surface area contributed by atoms with Gasteiger partial charge in [-0.3, -0.25) is 10.1 Å². The molecule has 0 aliphatic heterocycles. The summed E-state index contributed by atoms with van der Waals surface area (Å²) in [5.41, 5.74) is 5.07. The lowest BCUT2D eigenvalue weighted by Gasteiger charge is -2.01. The van der Waals surface area contributed by atoms with Gasteiger partial charge in [-0.05, 0) is 6.42 Å². The minimum Gasteiger partial charge on any atom is -0.326 e. The first-order chi connectivity index (χ1) is 7.81. The van der Waals surface area contributed by atoms with Gasteiger partial charge in [0.2, 0.25) is 0 Å². The Labute approximate surface area is 106 Å². The van der Waals surface area contributed by atoms with Crippen LogP contribution in [0.1, 0.15) is 6.42 Å². The fraction of sp³-hybridized carbons (Fsp3) is 0.429. The molecule has 3 N–H and O–H groups in total. The van der Waals surface area contributed by atoms with E-state index in [1.165, 1.54) is 0 Å². The van der Waals surface area contributed by atoms with Gasteiger partial charge in [0.1, 0.15) is 4.21 Å². The zero-order valence-corrected chi connectivity index (χ0v) is 10.7. The topological polar surface area (TPSA) is 115 Å². The van der Waals surface area contributed by atoms with Crippen molar-refractivity contribution in [1.82, 2.24) is 4.72 Å². The number of nitrogens with one attached hydrogen (secondary N) is 1. The fourth-order valence-electron chi connectivity index (χ4n) is 1.20. The molecule has 7 nitrogen and oxygen atoms in total. The van der Waals surface area contributed by atoms with Crippen LogP contribution in [0, 0.1) is 10.1 Å². The van der Waals surface area contributed by atoms with E-state index in [-0.39, 0.29) is 20.6 Å². The summed E-state index contributed by atoms with van der Waals surface area (Å²) in [7, 11) is -3.77. The third-order valence-electron chi connectivity index (χ3n) is 2.25. The number of nitrogens with two attached hydrogens (primary N) is 1. The molecule has 17 heavy (non-hydrogen) atoms. The van der Waals surface area contributed by atoms with Gasteiger partial charge >= 0.3 is 0 Å². The number of hydrogen-bond donors (Lipinski definition) is 2. The minimum atomic E-state index is -3.77. The van der Waals surface area contributed by atoms with Gasteiger partial charge in [0, 0.05) is 18.2 Å². The first-order valence-corrected chi connectivity index (χ1v) is 7.20. The summed E-state index contributed by atoms with van der Waals surface area (Å²) in [5, 5.41) is 10.5. The monoisotopic (exact) mass is 297 g/mol. The third-order valence-corrected chi connectivity index (χ3v) is 5.56. The molecule has 94 valence electrons. The average Bonchev–Trinajstić information content (AvgIpc) is 2.74. The highest BCUT2D eigenvalue weighted by Crippen LogP contribution is 2.36. The number of thiophene rings is 1. The third kappa shape index (κ3) is 2.58. The standard InChI is InChI=1S/C7H8ClN3O4S2/c8-7-5(11(12)13)2-6(16-7)17(14,15)10-4-1-3(4)9/h2-4,10H,1,9H2. The summed E-state index contributed by atoms with van der Waals surface area (Å²) in [4.78, 5) is 9.82. The van der Waals surface area contributed by atoms with Crippen molar-refractivity contribution in [2.45, 2.75) is 22.7 Å². The number of sulfonamides is 1. The molecular formula is C7H8ClN3O4S2. The largest absolute Gasteiger partial charge is 0.326 e. The quantitative estimate of drug-likeness (QED) is 0.626. The second-order valence-corrected chi connectivity index (χ2v) is 7.20. The van der Waals surface area contributed by atoms with Crippen LogP contribution in [-0.2, 0) is 10.0 Å². The van der Waals surface area contributed by atoms with Crippen LogP contribution in [0.2, 0.25) is 4.34 Å². The summed E-state index contributed by atoms with van der Waals surface area (Å²) in [6.07, 6.45) is 0.570. The maximum atomic E-state index is 11.8. The van der Waals surface area contributed by atoms with E-state index in [1.807, 2.05) is 0 Å². The highest BCUT2D eigenvalue weighted by atomic mass is 35.5. The van der Waals surface area contributed by atoms with Crippen LogP contribution in [0.4, 0.5) is 5.69 Å². The number of nitro groups is 1. The summed E-state index contributed by atoms with van der Waals surface area (Å²) < 4.78 is 25.6. The second kappa shape index (κ2) is 4.18. The molecular weight excluding hydrogens is 290 g/mol. The van der Waals surface area contributed by atoms with Crippen LogP contribution in [0.5, 0.6) is 0 Å². The molecule has 1 aromatic heterocycles. The minimum absolute atomic E-state index is 0.157. The van der Waals surface area contributed by atoms with Crippen LogP contribution < -0.4 is 10.5 Å². The predicted octanol–water partition coefficient (Wildman–Crippen LogP) is 0.688. The molecule has 0 bridgehead atoms. The van der Waals surface area contributed by atoms with Crippen molar-refractivity contribution >= 4 is 38.6 Å². The molecule has 0 saturated heterocycles. The van der Waals surface area contributed by atoms with E-state index in [0.717, 1.165) is 6.07 Å². The van der Waals surface area contributed by atoms with Gasteiger partial charge in [0.05, 0.1) is 4.92 Å². The lowest BCUT2D eigenvalue weighted by molar-refractivity contribution is -0.384. The molecule has 1 aromatic rings. The van der Waals surface area contributed by atoms with Crippen molar-refractivity contribution in [3.8, 4) is 0 Å². The summed E-state index contributed by atoms with van der Waals surface area (Å²) in [6, 6.07) is 0.471. The lowest BCUT2D eigenvalue weighted by Crippen LogP contribution is -2.29. The number of nitrogens with zero attached hydrogens (tertiary/aromatic N) is 1. The van der Waals surface area contributed by atoms with Crippen molar-refractivity contribution in [3.63, 3.8) is 0 Å². The van der Waals surface area contributed by atoms with E-state index in [2.05, 4.69) is 4.72 Å². The smallest absolute Gasteiger partial charge is 0.300 e. The number of halogens is 1. The normalized spacial score (nSPS) is 23.6. The molecule has 1 fully saturated rings. The molecule has 0 amide bonds. The van der Waals surface area contributed by atoms with Crippen molar-refractivity contribution in [2.75, 3.05) is 0 Å². The Morgan fingerprint density at radius 3 is 2.65 bits per heavy atom. The Kier molecular flexibility index (Phi) is 3.12. The van der Waals surface area contributed by atoms with Crippen LogP contribution >= 0.6 is 22.9 Å². The molecule has 0 spiro atoms. The van der Waals surface area contributed by atoms with Crippen molar-refractivity contribution in [3.05, 3.63) is 20.5 Å². The average molecular weight is 298 g/mol. The van der Waals surface area contributed by atoms with Crippen LogP contribution in [0.25, 0.3) is 0 Å². The predicted molar refractivity (Wildman–Crippen MR) is 62.7 cm³/mol. The van der Waals surface area contributed by atoms with E-state index in [0.29, 0.717) is 17.8 Å².